The lowest BCUT2D eigenvalue weighted by Crippen LogP contribution is -2.36. The maximum absolute atomic E-state index is 13.1. The van der Waals surface area contributed by atoms with Crippen LogP contribution in [0.4, 0.5) is 0 Å². The molecule has 2 amide bonds. The smallest absolute Gasteiger partial charge is 0.227 e. The van der Waals surface area contributed by atoms with Gasteiger partial charge < -0.3 is 39.4 Å². The van der Waals surface area contributed by atoms with E-state index in [1.165, 1.54) is 0 Å². The standard InChI is InChI=1S/C40H38N4O8/c1-49-31-15-11-28(12-16-31)38-34(52-43-39(38)29-9-5-26(24-46)6-10-29)22-36(48)42-20-19-41-35(47)21-33-37(27-7-3-25(23-45)4-8-27)40(44-51-33)30-13-17-32(50-2)18-14-30/h3-18,45-46H,19-24H2,1-2H3,(H,41,47)(H,42,48). The van der Waals surface area contributed by atoms with E-state index >= 15 is 0 Å². The van der Waals surface area contributed by atoms with Crippen LogP contribution in [-0.2, 0) is 35.6 Å². The molecule has 0 aliphatic heterocycles. The van der Waals surface area contributed by atoms with Crippen molar-refractivity contribution in [1.82, 2.24) is 20.9 Å². The van der Waals surface area contributed by atoms with Gasteiger partial charge in [-0.2, -0.15) is 0 Å². The maximum Gasteiger partial charge on any atom is 0.227 e. The van der Waals surface area contributed by atoms with E-state index in [0.29, 0.717) is 45.5 Å². The number of benzene rings is 4. The summed E-state index contributed by atoms with van der Waals surface area (Å²) in [6, 6.07) is 29.4. The highest BCUT2D eigenvalue weighted by molar-refractivity contribution is 5.88. The number of carbonyl (C=O) groups excluding carboxylic acids is 2. The van der Waals surface area contributed by atoms with Gasteiger partial charge in [-0.15, -0.1) is 0 Å². The summed E-state index contributed by atoms with van der Waals surface area (Å²) < 4.78 is 22.0. The maximum atomic E-state index is 13.1. The van der Waals surface area contributed by atoms with Gasteiger partial charge in [0.05, 0.1) is 51.4 Å². The van der Waals surface area contributed by atoms with E-state index in [-0.39, 0.29) is 51.0 Å². The lowest BCUT2D eigenvalue weighted by molar-refractivity contribution is -0.122. The van der Waals surface area contributed by atoms with Crippen molar-refractivity contribution in [3.63, 3.8) is 0 Å². The number of hydrogen-bond donors (Lipinski definition) is 4. The second kappa shape index (κ2) is 16.6. The van der Waals surface area contributed by atoms with E-state index in [4.69, 9.17) is 18.5 Å². The van der Waals surface area contributed by atoms with Gasteiger partial charge in [0.2, 0.25) is 11.8 Å². The Morgan fingerprint density at radius 1 is 0.558 bits per heavy atom. The molecule has 0 bridgehead atoms. The number of ether oxygens (including phenoxy) is 2. The summed E-state index contributed by atoms with van der Waals surface area (Å²) in [5, 5.41) is 33.3. The van der Waals surface area contributed by atoms with Crippen LogP contribution in [0.3, 0.4) is 0 Å². The highest BCUT2D eigenvalue weighted by Gasteiger charge is 2.23. The molecule has 2 aromatic heterocycles. The largest absolute Gasteiger partial charge is 0.497 e. The Morgan fingerprint density at radius 2 is 0.904 bits per heavy atom. The molecule has 266 valence electrons. The van der Waals surface area contributed by atoms with Crippen LogP contribution in [0.15, 0.2) is 106 Å². The minimum Gasteiger partial charge on any atom is -0.497 e. The number of amides is 2. The van der Waals surface area contributed by atoms with E-state index < -0.39 is 0 Å². The average Bonchev–Trinajstić information content (AvgIpc) is 3.80. The molecule has 12 nitrogen and oxygen atoms in total. The van der Waals surface area contributed by atoms with Gasteiger partial charge >= 0.3 is 0 Å². The second-order valence-electron chi connectivity index (χ2n) is 11.9. The van der Waals surface area contributed by atoms with Gasteiger partial charge in [0.15, 0.2) is 11.5 Å². The van der Waals surface area contributed by atoms with E-state index in [9.17, 15) is 19.8 Å². The van der Waals surface area contributed by atoms with Crippen molar-refractivity contribution < 1.29 is 38.3 Å². The Kier molecular flexibility index (Phi) is 11.4. The van der Waals surface area contributed by atoms with Gasteiger partial charge in [-0.3, -0.25) is 9.59 Å². The van der Waals surface area contributed by atoms with Crippen LogP contribution < -0.4 is 20.1 Å². The molecule has 0 fully saturated rings. The first-order valence-electron chi connectivity index (χ1n) is 16.6. The Balaban J connectivity index is 1.10. The molecule has 0 saturated carbocycles. The molecule has 6 rings (SSSR count). The first-order valence-corrected chi connectivity index (χ1v) is 16.6. The third kappa shape index (κ3) is 8.20. The number of aliphatic hydroxyl groups excluding tert-OH is 2. The quantitative estimate of drug-likeness (QED) is 0.102. The first-order chi connectivity index (χ1) is 25.4. The molecule has 2 heterocycles. The molecule has 0 unspecified atom stereocenters. The lowest BCUT2D eigenvalue weighted by Gasteiger charge is -2.09. The van der Waals surface area contributed by atoms with Gasteiger partial charge in [-0.1, -0.05) is 71.0 Å². The monoisotopic (exact) mass is 702 g/mol. The van der Waals surface area contributed by atoms with Crippen molar-refractivity contribution in [1.29, 1.82) is 0 Å². The van der Waals surface area contributed by atoms with E-state index in [2.05, 4.69) is 20.9 Å². The molecule has 12 heteroatoms. The van der Waals surface area contributed by atoms with Crippen molar-refractivity contribution in [2.75, 3.05) is 27.3 Å². The topological polar surface area (TPSA) is 169 Å². The zero-order valence-corrected chi connectivity index (χ0v) is 28.7. The van der Waals surface area contributed by atoms with Gasteiger partial charge in [0.25, 0.3) is 0 Å². The zero-order chi connectivity index (χ0) is 36.5. The predicted molar refractivity (Wildman–Crippen MR) is 193 cm³/mol. The molecule has 0 aliphatic rings. The minimum atomic E-state index is -0.311. The molecule has 6 aromatic rings. The fourth-order valence-corrected chi connectivity index (χ4v) is 5.75. The highest BCUT2D eigenvalue weighted by atomic mass is 16.5. The van der Waals surface area contributed by atoms with Crippen LogP contribution >= 0.6 is 0 Å². The average molecular weight is 703 g/mol. The minimum absolute atomic E-state index is 0.0799. The summed E-state index contributed by atoms with van der Waals surface area (Å²) in [7, 11) is 3.18. The Morgan fingerprint density at radius 3 is 1.27 bits per heavy atom. The summed E-state index contributed by atoms with van der Waals surface area (Å²) in [4.78, 5) is 26.2. The number of methoxy groups -OCH3 is 2. The lowest BCUT2D eigenvalue weighted by atomic mass is 9.97. The number of nitrogens with one attached hydrogen (secondary N) is 2. The second-order valence-corrected chi connectivity index (χ2v) is 11.9. The molecule has 0 radical (unpaired) electrons. The van der Waals surface area contributed by atoms with Crippen LogP contribution in [0.2, 0.25) is 0 Å². The van der Waals surface area contributed by atoms with E-state index in [1.807, 2.05) is 84.9 Å². The molecule has 4 N–H and O–H groups in total. The zero-order valence-electron chi connectivity index (χ0n) is 28.7. The van der Waals surface area contributed by atoms with Crippen LogP contribution in [-0.4, -0.2) is 59.6 Å². The van der Waals surface area contributed by atoms with Crippen molar-refractivity contribution in [3.05, 3.63) is 120 Å². The summed E-state index contributed by atoms with van der Waals surface area (Å²) in [6.07, 6.45) is -0.165. The number of aliphatic hydroxyl groups is 2. The van der Waals surface area contributed by atoms with Crippen molar-refractivity contribution in [2.24, 2.45) is 0 Å². The summed E-state index contributed by atoms with van der Waals surface area (Å²) in [6.45, 7) is 0.179. The summed E-state index contributed by atoms with van der Waals surface area (Å²) in [5.74, 6) is 1.52. The fourth-order valence-electron chi connectivity index (χ4n) is 5.75. The molecule has 0 saturated heterocycles. The number of aromatic nitrogens is 2. The van der Waals surface area contributed by atoms with E-state index in [1.54, 1.807) is 26.4 Å². The van der Waals surface area contributed by atoms with Gasteiger partial charge in [-0.05, 0) is 58.7 Å². The Labute approximate surface area is 300 Å². The normalized spacial score (nSPS) is 10.9. The highest BCUT2D eigenvalue weighted by Crippen LogP contribution is 2.37. The molecule has 4 aromatic carbocycles. The number of carbonyl (C=O) groups is 2. The SMILES string of the molecule is COc1ccc(-c2noc(CC(=O)NCCNC(=O)Cc3onc(-c4ccc(CO)cc4)c3-c3ccc(OC)cc3)c2-c2ccc(CO)cc2)cc1. The van der Waals surface area contributed by atoms with Crippen molar-refractivity contribution in [3.8, 4) is 56.3 Å². The van der Waals surface area contributed by atoms with Crippen LogP contribution in [0, 0.1) is 0 Å². The number of nitrogens with zero attached hydrogens (tertiary/aromatic N) is 2. The predicted octanol–water partition coefficient (Wildman–Crippen LogP) is 5.35. The van der Waals surface area contributed by atoms with Gasteiger partial charge in [0, 0.05) is 24.2 Å². The first kappa shape index (κ1) is 35.6. The molecule has 52 heavy (non-hydrogen) atoms. The van der Waals surface area contributed by atoms with Crippen molar-refractivity contribution >= 4 is 11.8 Å². The Bertz CT molecular complexity index is 1950. The molecular weight excluding hydrogens is 664 g/mol. The number of rotatable bonds is 15. The van der Waals surface area contributed by atoms with E-state index in [0.717, 1.165) is 33.4 Å². The molecule has 0 aliphatic carbocycles. The Hall–Kier alpha value is -6.24. The molecular formula is C40H38N4O8. The van der Waals surface area contributed by atoms with Gasteiger partial charge in [-0.25, -0.2) is 0 Å². The van der Waals surface area contributed by atoms with Crippen molar-refractivity contribution in [2.45, 2.75) is 26.1 Å². The van der Waals surface area contributed by atoms with Crippen LogP contribution in [0.5, 0.6) is 11.5 Å². The van der Waals surface area contributed by atoms with Crippen LogP contribution in [0.1, 0.15) is 22.6 Å². The fraction of sp³-hybridized carbons (Fsp3) is 0.200. The molecule has 0 atom stereocenters. The summed E-state index contributed by atoms with van der Waals surface area (Å²) in [5.41, 5.74) is 7.13. The van der Waals surface area contributed by atoms with Crippen LogP contribution in [0.25, 0.3) is 44.8 Å². The third-order valence-electron chi connectivity index (χ3n) is 8.51. The molecule has 0 spiro atoms. The summed E-state index contributed by atoms with van der Waals surface area (Å²) >= 11 is 0. The van der Waals surface area contributed by atoms with Gasteiger partial charge in [0.1, 0.15) is 22.9 Å². The number of hydrogen-bond acceptors (Lipinski definition) is 10. The third-order valence-corrected chi connectivity index (χ3v) is 8.51.